The number of aromatic nitrogens is 12. The van der Waals surface area contributed by atoms with Crippen LogP contribution in [-0.2, 0) is 97.4 Å². The first-order valence-electron chi connectivity index (χ1n) is 47.1. The van der Waals surface area contributed by atoms with Gasteiger partial charge in [-0.05, 0) is 176 Å². The minimum atomic E-state index is 0. The van der Waals surface area contributed by atoms with E-state index < -0.39 is 0 Å². The van der Waals surface area contributed by atoms with E-state index in [-0.39, 0.29) is 107 Å². The van der Waals surface area contributed by atoms with E-state index in [1.165, 1.54) is 0 Å². The molecular formula is C124H92N16O4Pt4-4. The molecule has 0 fully saturated rings. The van der Waals surface area contributed by atoms with E-state index >= 15 is 0 Å². The Balaban J connectivity index is 0.000000147. The largest absolute Gasteiger partial charge is 0.507 e. The molecule has 736 valence electrons. The molecular weight excluding hydrogens is 2560 g/mol. The number of hydrogen-bond donors (Lipinski definition) is 4. The summed E-state index contributed by atoms with van der Waals surface area (Å²) in [5, 5.41) is 81.8. The van der Waals surface area contributed by atoms with Crippen molar-refractivity contribution in [3.8, 4) is 194 Å². The molecule has 0 unspecified atom stereocenters. The third-order valence-electron chi connectivity index (χ3n) is 24.9. The second kappa shape index (κ2) is 47.1. The van der Waals surface area contributed by atoms with E-state index in [0.717, 1.165) is 163 Å². The van der Waals surface area contributed by atoms with Gasteiger partial charge in [0.2, 0.25) is 0 Å². The topological polar surface area (TPSA) is 299 Å². The average molecular weight is 2650 g/mol. The predicted molar refractivity (Wildman–Crippen MR) is 568 cm³/mol. The van der Waals surface area contributed by atoms with Crippen LogP contribution in [0.2, 0.25) is 0 Å². The molecule has 0 aliphatic heterocycles. The zero-order valence-electron chi connectivity index (χ0n) is 81.3. The number of rotatable bonds is 18. The Labute approximate surface area is 915 Å². The third kappa shape index (κ3) is 21.7. The van der Waals surface area contributed by atoms with Gasteiger partial charge in [0.25, 0.3) is 0 Å². The number of phenolic OH excluding ortho intramolecular Hbond substituents is 4. The van der Waals surface area contributed by atoms with Crippen LogP contribution < -0.4 is 0 Å². The summed E-state index contributed by atoms with van der Waals surface area (Å²) >= 11 is 0. The summed E-state index contributed by atoms with van der Waals surface area (Å²) in [5.41, 5.74) is 30.6. The van der Waals surface area contributed by atoms with Gasteiger partial charge >= 0.3 is 0 Å². The number of hydrogen-bond acceptors (Lipinski definition) is 16. The van der Waals surface area contributed by atoms with Gasteiger partial charge in [-0.15, -0.1) is 102 Å². The first-order chi connectivity index (χ1) is 70.2. The first-order valence-corrected chi connectivity index (χ1v) is 47.1. The Bertz CT molecular complexity index is 8820. The molecule has 0 spiro atoms. The molecule has 0 amide bonds. The van der Waals surface area contributed by atoms with E-state index in [1.54, 1.807) is 85.5 Å². The molecule has 22 aromatic rings. The fourth-order valence-corrected chi connectivity index (χ4v) is 18.4. The van der Waals surface area contributed by atoms with Crippen molar-refractivity contribution in [2.24, 2.45) is 11.8 Å². The van der Waals surface area contributed by atoms with E-state index in [2.05, 4.69) is 172 Å². The average Bonchev–Trinajstić information content (AvgIpc) is 1.60. The van der Waals surface area contributed by atoms with Crippen LogP contribution in [0.1, 0.15) is 72.2 Å². The normalized spacial score (nSPS) is 10.7. The SMILES string of the molecule is CC(C)Cn1c(-c2ccccc2O)nc2c(-c3[c-]c(-c4ccccn4)ccc3)cc(C#N)cc21.CC(C)Cn1c(-c2ccccc2O)nc2c(-c3[c-]c(-c4ccccn4)ccc3C#N)cccc21.Cc1cccc(C)c1-n1c(-c2ccccc2O)nc2c(-c3[c-]c(-c4ccccn4)cc(C#N)c3)cccc21.Cc1cccc(C)c1-n1c(-c2ccccc2O)nc2c(-c3[c-]c(-c4ncccc4C#N)ccc3)cccc21.[Pt].[Pt].[Pt].[Pt]. The molecule has 0 saturated carbocycles. The van der Waals surface area contributed by atoms with Gasteiger partial charge in [-0.3, -0.25) is 29.1 Å². The van der Waals surface area contributed by atoms with Crippen LogP contribution >= 0.6 is 0 Å². The van der Waals surface area contributed by atoms with Crippen LogP contribution in [0.4, 0.5) is 0 Å². The number of nitrogens with zero attached hydrogens (tertiary/aromatic N) is 16. The van der Waals surface area contributed by atoms with Crippen molar-refractivity contribution >= 4 is 44.1 Å². The van der Waals surface area contributed by atoms with Gasteiger partial charge in [0.1, 0.15) is 46.3 Å². The molecule has 4 N–H and O–H groups in total. The maximum atomic E-state index is 10.8. The molecule has 20 nitrogen and oxygen atoms in total. The van der Waals surface area contributed by atoms with Gasteiger partial charge in [0.05, 0.1) is 102 Å². The van der Waals surface area contributed by atoms with Crippen molar-refractivity contribution in [2.45, 2.75) is 68.5 Å². The summed E-state index contributed by atoms with van der Waals surface area (Å²) in [6.07, 6.45) is 6.92. The number of aryl methyl sites for hydroxylation is 4. The van der Waals surface area contributed by atoms with Crippen molar-refractivity contribution in [3.63, 3.8) is 0 Å². The van der Waals surface area contributed by atoms with Gasteiger partial charge < -0.3 is 29.6 Å². The molecule has 0 bridgehead atoms. The fourth-order valence-electron chi connectivity index (χ4n) is 18.4. The van der Waals surface area contributed by atoms with Gasteiger partial charge in [-0.1, -0.05) is 242 Å². The van der Waals surface area contributed by atoms with Gasteiger partial charge in [0.15, 0.2) is 0 Å². The van der Waals surface area contributed by atoms with Gasteiger partial charge in [-0.25, -0.2) is 25.2 Å². The Kier molecular flexibility index (Phi) is 33.7. The summed E-state index contributed by atoms with van der Waals surface area (Å²) in [5.74, 6) is 4.10. The summed E-state index contributed by atoms with van der Waals surface area (Å²) in [6.45, 7) is 18.4. The van der Waals surface area contributed by atoms with Crippen molar-refractivity contribution < 1.29 is 105 Å². The van der Waals surface area contributed by atoms with Gasteiger partial charge in [-0.2, -0.15) is 15.8 Å². The standard InChI is InChI=1S/2C33H23N4O.2C29H23N4O.4Pt/c1-21-9-5-10-22(2)32(21)37-28-16-7-15-26(31(28)36-33(37)27-14-3-4-17-29(27)38)23-11-6-12-24(19-23)30-25(20-34)13-8-18-35-30;1-21-9-7-10-22(2)32(21)37-29-14-8-12-26(31(29)36-33(37)27-11-3-4-15-30(27)38)24-17-23(20-34)18-25(19-24)28-13-5-6-16-35-28;1-19(2)18-33-26-15-20(17-30)14-24(28(26)32-29(33)23-10-3-4-12-27(23)34)21-8-7-9-22(16-21)25-11-5-6-13-31-25;1-19(2)18-33-26-11-7-9-22(28(26)32-29(33)23-8-3-4-12-27(23)34)24-16-20(13-14-21(24)17-30)25-10-5-6-15-31-25;;;;/h2*3-18,38H,1-2H3;2*3-15,19,34H,18H2,1-2H3;;;;/q4*-1;;;;. The van der Waals surface area contributed by atoms with Crippen LogP contribution in [0, 0.1) is 109 Å². The van der Waals surface area contributed by atoms with Crippen molar-refractivity contribution in [1.82, 2.24) is 58.1 Å². The van der Waals surface area contributed by atoms with Crippen molar-refractivity contribution in [3.05, 3.63) is 421 Å². The van der Waals surface area contributed by atoms with E-state index in [4.69, 9.17) is 19.9 Å². The number of para-hydroxylation sites is 9. The molecule has 8 aromatic heterocycles. The maximum absolute atomic E-state index is 10.8. The van der Waals surface area contributed by atoms with Gasteiger partial charge in [0, 0.05) is 156 Å². The number of fused-ring (bicyclic) bond motifs is 4. The number of aromatic hydroxyl groups is 4. The molecule has 24 heteroatoms. The summed E-state index contributed by atoms with van der Waals surface area (Å²) in [6, 6.07) is 126. The number of nitriles is 4. The van der Waals surface area contributed by atoms with Crippen LogP contribution in [0.5, 0.6) is 23.0 Å². The van der Waals surface area contributed by atoms with Crippen LogP contribution in [0.3, 0.4) is 0 Å². The molecule has 0 aliphatic rings. The molecule has 0 radical (unpaired) electrons. The van der Waals surface area contributed by atoms with Crippen molar-refractivity contribution in [2.75, 3.05) is 0 Å². The van der Waals surface area contributed by atoms with E-state index in [9.17, 15) is 41.5 Å². The first kappa shape index (κ1) is 106. The summed E-state index contributed by atoms with van der Waals surface area (Å²) < 4.78 is 8.50. The maximum Gasteiger partial charge on any atom is 0.148 e. The molecule has 148 heavy (non-hydrogen) atoms. The van der Waals surface area contributed by atoms with Crippen LogP contribution in [-0.4, -0.2) is 78.6 Å². The molecule has 0 saturated heterocycles. The number of phenols is 4. The van der Waals surface area contributed by atoms with Crippen LogP contribution in [0.15, 0.2) is 352 Å². The predicted octanol–water partition coefficient (Wildman–Crippen LogP) is 27.8. The molecule has 0 atom stereocenters. The molecule has 22 rings (SSSR count). The Morgan fingerprint density at radius 1 is 0.277 bits per heavy atom. The quantitative estimate of drug-likeness (QED) is 0.0580. The second-order valence-corrected chi connectivity index (χ2v) is 35.7. The third-order valence-corrected chi connectivity index (χ3v) is 24.9. The molecule has 14 aromatic carbocycles. The summed E-state index contributed by atoms with van der Waals surface area (Å²) in [7, 11) is 0. The van der Waals surface area contributed by atoms with Crippen LogP contribution in [0.25, 0.3) is 191 Å². The number of benzene rings is 14. The Morgan fingerprint density at radius 3 is 1.09 bits per heavy atom. The summed E-state index contributed by atoms with van der Waals surface area (Å²) in [4.78, 5) is 38.1. The minimum absolute atomic E-state index is 0. The Hall–Kier alpha value is -16.5. The number of pyridine rings is 4. The van der Waals surface area contributed by atoms with Crippen molar-refractivity contribution in [1.29, 1.82) is 21.0 Å². The fraction of sp³-hybridized carbons (Fsp3) is 0.0968. The zero-order valence-corrected chi connectivity index (χ0v) is 90.4. The minimum Gasteiger partial charge on any atom is -0.507 e. The van der Waals surface area contributed by atoms with E-state index in [0.29, 0.717) is 97.4 Å². The molecule has 0 aliphatic carbocycles. The monoisotopic (exact) mass is 2650 g/mol. The zero-order chi connectivity index (χ0) is 99.8. The smallest absolute Gasteiger partial charge is 0.148 e. The number of imidazole rings is 4. The molecule has 8 heterocycles. The van der Waals surface area contributed by atoms with E-state index in [1.807, 2.05) is 237 Å². The Morgan fingerprint density at radius 2 is 0.628 bits per heavy atom. The second-order valence-electron chi connectivity index (χ2n) is 35.7.